The van der Waals surface area contributed by atoms with Crippen molar-refractivity contribution in [3.8, 4) is 0 Å². The topological polar surface area (TPSA) is 15.3 Å². The van der Waals surface area contributed by atoms with Gasteiger partial charge in [0.15, 0.2) is 0 Å². The Morgan fingerprint density at radius 1 is 1.14 bits per heavy atom. The molecule has 1 aromatic rings. The van der Waals surface area contributed by atoms with Gasteiger partial charge in [0.05, 0.1) is 0 Å². The van der Waals surface area contributed by atoms with Crippen molar-refractivity contribution < 1.29 is 4.39 Å². The Balaban J connectivity index is 1.75. The summed E-state index contributed by atoms with van der Waals surface area (Å²) in [6.45, 7) is 5.27. The minimum Gasteiger partial charge on any atom is -0.370 e. The summed E-state index contributed by atoms with van der Waals surface area (Å²) in [6, 6.07) is 5.80. The summed E-state index contributed by atoms with van der Waals surface area (Å²) in [5.74, 6) is 0.688. The Hall–Kier alpha value is -1.09. The molecule has 0 aromatic heterocycles. The van der Waals surface area contributed by atoms with E-state index in [1.807, 2.05) is 13.0 Å². The predicted molar refractivity (Wildman–Crippen MR) is 86.3 cm³/mol. The summed E-state index contributed by atoms with van der Waals surface area (Å²) in [7, 11) is 0. The number of nitrogens with zero attached hydrogens (tertiary/aromatic N) is 1. The third-order valence-corrected chi connectivity index (χ3v) is 5.15. The van der Waals surface area contributed by atoms with E-state index in [9.17, 15) is 4.39 Å². The van der Waals surface area contributed by atoms with Crippen molar-refractivity contribution in [2.45, 2.75) is 51.5 Å². The van der Waals surface area contributed by atoms with E-state index in [-0.39, 0.29) is 5.82 Å². The average Bonchev–Trinajstić information content (AvgIpc) is 2.74. The van der Waals surface area contributed by atoms with Crippen LogP contribution in [-0.4, -0.2) is 25.7 Å². The fourth-order valence-electron chi connectivity index (χ4n) is 4.00. The van der Waals surface area contributed by atoms with Crippen LogP contribution in [0.4, 0.5) is 10.1 Å². The number of hydrogen-bond donors (Lipinski definition) is 1. The van der Waals surface area contributed by atoms with Crippen LogP contribution in [0.1, 0.15) is 44.1 Å². The molecule has 0 bridgehead atoms. The summed E-state index contributed by atoms with van der Waals surface area (Å²) in [5, 5.41) is 3.77. The lowest BCUT2D eigenvalue weighted by Gasteiger charge is -2.34. The number of nitrogens with one attached hydrogen (secondary N) is 1. The molecule has 116 valence electrons. The van der Waals surface area contributed by atoms with Crippen LogP contribution in [0.3, 0.4) is 0 Å². The van der Waals surface area contributed by atoms with E-state index < -0.39 is 0 Å². The maximum Gasteiger partial charge on any atom is 0.123 e. The van der Waals surface area contributed by atoms with Gasteiger partial charge in [-0.25, -0.2) is 4.39 Å². The average molecular weight is 290 g/mol. The minimum absolute atomic E-state index is 0.131. The van der Waals surface area contributed by atoms with Gasteiger partial charge in [0, 0.05) is 24.8 Å². The van der Waals surface area contributed by atoms with Gasteiger partial charge < -0.3 is 10.2 Å². The van der Waals surface area contributed by atoms with Crippen molar-refractivity contribution in [2.24, 2.45) is 5.92 Å². The second-order valence-electron chi connectivity index (χ2n) is 6.69. The van der Waals surface area contributed by atoms with E-state index in [0.29, 0.717) is 6.04 Å². The van der Waals surface area contributed by atoms with E-state index in [1.54, 1.807) is 12.1 Å². The Bertz CT molecular complexity index is 468. The van der Waals surface area contributed by atoms with Crippen LogP contribution in [-0.2, 0) is 0 Å². The number of benzene rings is 1. The summed E-state index contributed by atoms with van der Waals surface area (Å²) >= 11 is 0. The molecule has 1 aliphatic heterocycles. The number of halogens is 1. The second-order valence-corrected chi connectivity index (χ2v) is 6.69. The summed E-state index contributed by atoms with van der Waals surface area (Å²) in [6.07, 6.45) is 8.09. The van der Waals surface area contributed by atoms with Gasteiger partial charge in [0.1, 0.15) is 5.82 Å². The lowest BCUT2D eigenvalue weighted by Crippen LogP contribution is -2.43. The Kier molecular flexibility index (Phi) is 4.79. The van der Waals surface area contributed by atoms with Gasteiger partial charge >= 0.3 is 0 Å². The van der Waals surface area contributed by atoms with Crippen molar-refractivity contribution >= 4 is 5.69 Å². The van der Waals surface area contributed by atoms with Gasteiger partial charge in [-0.3, -0.25) is 0 Å². The first kappa shape index (κ1) is 14.8. The third-order valence-electron chi connectivity index (χ3n) is 5.15. The number of anilines is 1. The molecule has 1 aliphatic carbocycles. The van der Waals surface area contributed by atoms with Crippen LogP contribution in [0.15, 0.2) is 18.2 Å². The van der Waals surface area contributed by atoms with Crippen LogP contribution in [0.5, 0.6) is 0 Å². The molecule has 2 nitrogen and oxygen atoms in total. The highest BCUT2D eigenvalue weighted by Crippen LogP contribution is 2.29. The van der Waals surface area contributed by atoms with Crippen LogP contribution in [0, 0.1) is 18.7 Å². The number of rotatable bonds is 2. The monoisotopic (exact) mass is 290 g/mol. The van der Waals surface area contributed by atoms with Crippen molar-refractivity contribution in [1.82, 2.24) is 5.32 Å². The van der Waals surface area contributed by atoms with Gasteiger partial charge in [-0.2, -0.15) is 0 Å². The molecule has 1 aromatic carbocycles. The van der Waals surface area contributed by atoms with Crippen molar-refractivity contribution in [2.75, 3.05) is 24.5 Å². The molecule has 21 heavy (non-hydrogen) atoms. The molecule has 1 atom stereocenters. The largest absolute Gasteiger partial charge is 0.370 e. The molecular formula is C18H27FN2. The van der Waals surface area contributed by atoms with E-state index in [2.05, 4.69) is 10.2 Å². The molecule has 0 radical (unpaired) electrons. The second kappa shape index (κ2) is 6.78. The zero-order chi connectivity index (χ0) is 14.7. The molecule has 1 N–H and O–H groups in total. The molecule has 0 spiro atoms. The van der Waals surface area contributed by atoms with Crippen LogP contribution in [0.2, 0.25) is 0 Å². The van der Waals surface area contributed by atoms with Crippen LogP contribution in [0.25, 0.3) is 0 Å². The molecule has 0 amide bonds. The SMILES string of the molecule is Cc1cc(F)ccc1N1CCCNC(C2CCCCC2)C1. The van der Waals surface area contributed by atoms with Gasteiger partial charge in [-0.05, 0) is 62.4 Å². The lowest BCUT2D eigenvalue weighted by atomic mass is 9.83. The van der Waals surface area contributed by atoms with Gasteiger partial charge in [0.25, 0.3) is 0 Å². The first-order valence-corrected chi connectivity index (χ1v) is 8.48. The quantitative estimate of drug-likeness (QED) is 0.889. The molecule has 3 rings (SSSR count). The number of aryl methyl sites for hydroxylation is 1. The lowest BCUT2D eigenvalue weighted by molar-refractivity contribution is 0.277. The maximum absolute atomic E-state index is 13.3. The predicted octanol–water partition coefficient (Wildman–Crippen LogP) is 3.88. The highest BCUT2D eigenvalue weighted by Gasteiger charge is 2.27. The Labute approximate surface area is 127 Å². The van der Waals surface area contributed by atoms with Crippen molar-refractivity contribution in [3.63, 3.8) is 0 Å². The van der Waals surface area contributed by atoms with E-state index >= 15 is 0 Å². The smallest absolute Gasteiger partial charge is 0.123 e. The van der Waals surface area contributed by atoms with Crippen molar-refractivity contribution in [1.29, 1.82) is 0 Å². The molecule has 3 heteroatoms. The van der Waals surface area contributed by atoms with Gasteiger partial charge in [-0.15, -0.1) is 0 Å². The number of hydrogen-bond acceptors (Lipinski definition) is 2. The summed E-state index contributed by atoms with van der Waals surface area (Å²) in [5.41, 5.74) is 2.26. The summed E-state index contributed by atoms with van der Waals surface area (Å²) < 4.78 is 13.3. The van der Waals surface area contributed by atoms with Crippen molar-refractivity contribution in [3.05, 3.63) is 29.6 Å². The fraction of sp³-hybridized carbons (Fsp3) is 0.667. The normalized spacial score (nSPS) is 24.9. The standard InChI is InChI=1S/C18H27FN2/c1-14-12-16(19)8-9-18(14)21-11-5-10-20-17(13-21)15-6-3-2-4-7-15/h8-9,12,15,17,20H,2-7,10-11,13H2,1H3. The molecule has 2 fully saturated rings. The first-order chi connectivity index (χ1) is 10.2. The van der Waals surface area contributed by atoms with E-state index in [0.717, 1.165) is 31.1 Å². The first-order valence-electron chi connectivity index (χ1n) is 8.48. The Morgan fingerprint density at radius 2 is 1.95 bits per heavy atom. The molecule has 1 saturated carbocycles. The Morgan fingerprint density at radius 3 is 2.71 bits per heavy atom. The highest BCUT2D eigenvalue weighted by atomic mass is 19.1. The van der Waals surface area contributed by atoms with Crippen LogP contribution >= 0.6 is 0 Å². The molecule has 1 saturated heterocycles. The maximum atomic E-state index is 13.3. The molecule has 1 unspecified atom stereocenters. The van der Waals surface area contributed by atoms with Gasteiger partial charge in [0.2, 0.25) is 0 Å². The molecule has 1 heterocycles. The van der Waals surface area contributed by atoms with Gasteiger partial charge in [-0.1, -0.05) is 19.3 Å². The third kappa shape index (κ3) is 3.57. The molecule has 2 aliphatic rings. The fourth-order valence-corrected chi connectivity index (χ4v) is 4.00. The molecular weight excluding hydrogens is 263 g/mol. The van der Waals surface area contributed by atoms with E-state index in [4.69, 9.17) is 0 Å². The minimum atomic E-state index is -0.131. The van der Waals surface area contributed by atoms with Crippen LogP contribution < -0.4 is 10.2 Å². The zero-order valence-corrected chi connectivity index (χ0v) is 13.1. The summed E-state index contributed by atoms with van der Waals surface area (Å²) in [4.78, 5) is 2.47. The highest BCUT2D eigenvalue weighted by molar-refractivity contribution is 5.53. The van der Waals surface area contributed by atoms with E-state index in [1.165, 1.54) is 44.2 Å². The zero-order valence-electron chi connectivity index (χ0n) is 13.1.